The molecule has 0 aliphatic heterocycles. The van der Waals surface area contributed by atoms with Gasteiger partial charge in [-0.15, -0.1) is 0 Å². The molecule has 12 aromatic carbocycles. The Kier molecular flexibility index (Phi) is 11.7. The Bertz CT molecular complexity index is 4460. The summed E-state index contributed by atoms with van der Waals surface area (Å²) in [7, 11) is 0. The average Bonchev–Trinajstić information content (AvgIpc) is 1.02. The summed E-state index contributed by atoms with van der Waals surface area (Å²) >= 11 is 0. The first-order chi connectivity index (χ1) is 41.7. The van der Waals surface area contributed by atoms with Gasteiger partial charge < -0.3 is 0 Å². The summed E-state index contributed by atoms with van der Waals surface area (Å²) in [5.74, 6) is 3.24. The fourth-order valence-corrected chi connectivity index (χ4v) is 12.6. The van der Waals surface area contributed by atoms with E-state index in [0.29, 0.717) is 0 Å². The van der Waals surface area contributed by atoms with Crippen LogP contribution in [0.4, 0.5) is 68.8 Å². The number of para-hydroxylation sites is 4. The van der Waals surface area contributed by atoms with E-state index in [1.165, 1.54) is 0 Å². The van der Waals surface area contributed by atoms with E-state index in [0.717, 1.165) is 144 Å². The highest BCUT2D eigenvalue weighted by Gasteiger charge is 2.31. The van der Waals surface area contributed by atoms with E-state index in [9.17, 15) is 0 Å². The van der Waals surface area contributed by atoms with E-state index >= 15 is 0 Å². The molecule has 0 bridgehead atoms. The standard InChI is InChI=1S/C76H50N8/c1-5-25-55(26-6-1)81(73-59-33-17-13-21-51(59)41-45-77-73)67-49-68(82(56-27-7-2-8-28-56)74-60-34-18-14-22-52(60)42-46-78-74)64-39-40-66-70(84(58-31-11-4-12-32-58)76-62-36-20-16-24-54(62)44-48-80-76)50-69(65-38-37-63(67)71(64)72(65)66)83(57-29-9-3-10-30-57)75-61-35-19-15-23-53(61)43-47-79-75/h1-50H. The quantitative estimate of drug-likeness (QED) is 0.112. The third-order valence-electron chi connectivity index (χ3n) is 16.3. The highest BCUT2D eigenvalue weighted by Crippen LogP contribution is 2.56. The predicted molar refractivity (Wildman–Crippen MR) is 350 cm³/mol. The number of anilines is 12. The zero-order valence-corrected chi connectivity index (χ0v) is 45.4. The molecule has 394 valence electrons. The molecule has 0 aliphatic rings. The molecule has 0 unspecified atom stereocenters. The second-order valence-corrected chi connectivity index (χ2v) is 21.0. The lowest BCUT2D eigenvalue weighted by Gasteiger charge is -2.34. The maximum absolute atomic E-state index is 5.33. The van der Waals surface area contributed by atoms with Crippen LogP contribution in [0.3, 0.4) is 0 Å². The largest absolute Gasteiger partial charge is 0.294 e. The number of aromatic nitrogens is 4. The molecular weight excluding hydrogens is 1020 g/mol. The molecule has 0 saturated heterocycles. The van der Waals surface area contributed by atoms with Gasteiger partial charge in [0.25, 0.3) is 0 Å². The van der Waals surface area contributed by atoms with Crippen LogP contribution in [0.25, 0.3) is 75.4 Å². The predicted octanol–water partition coefficient (Wildman–Crippen LogP) is 20.7. The van der Waals surface area contributed by atoms with Gasteiger partial charge in [-0.05, 0) is 106 Å². The lowest BCUT2D eigenvalue weighted by Crippen LogP contribution is -2.17. The number of pyridine rings is 4. The molecule has 16 rings (SSSR count). The summed E-state index contributed by atoms with van der Waals surface area (Å²) in [6, 6.07) is 99.2. The van der Waals surface area contributed by atoms with Crippen LogP contribution < -0.4 is 19.6 Å². The Morgan fingerprint density at radius 2 is 0.405 bits per heavy atom. The van der Waals surface area contributed by atoms with Crippen LogP contribution in [0.1, 0.15) is 0 Å². The van der Waals surface area contributed by atoms with Gasteiger partial charge in [-0.3, -0.25) is 19.6 Å². The Morgan fingerprint density at radius 1 is 0.190 bits per heavy atom. The first-order valence-electron chi connectivity index (χ1n) is 28.3. The molecule has 8 nitrogen and oxygen atoms in total. The van der Waals surface area contributed by atoms with Crippen molar-refractivity contribution in [2.24, 2.45) is 0 Å². The molecule has 0 saturated carbocycles. The molecule has 4 aromatic heterocycles. The van der Waals surface area contributed by atoms with Gasteiger partial charge in [-0.25, -0.2) is 19.9 Å². The normalized spacial score (nSPS) is 11.6. The summed E-state index contributed by atoms with van der Waals surface area (Å²) in [6.07, 6.45) is 7.72. The number of nitrogens with zero attached hydrogens (tertiary/aromatic N) is 8. The van der Waals surface area contributed by atoms with Crippen molar-refractivity contribution in [1.29, 1.82) is 0 Å². The average molecular weight is 1080 g/mol. The minimum Gasteiger partial charge on any atom is -0.294 e. The van der Waals surface area contributed by atoms with Gasteiger partial charge in [-0.1, -0.05) is 194 Å². The van der Waals surface area contributed by atoms with E-state index in [-0.39, 0.29) is 0 Å². The van der Waals surface area contributed by atoms with Crippen molar-refractivity contribution in [3.63, 3.8) is 0 Å². The van der Waals surface area contributed by atoms with Crippen molar-refractivity contribution in [3.05, 3.63) is 304 Å². The van der Waals surface area contributed by atoms with Gasteiger partial charge in [0.15, 0.2) is 0 Å². The van der Waals surface area contributed by atoms with Crippen molar-refractivity contribution in [1.82, 2.24) is 19.9 Å². The van der Waals surface area contributed by atoms with Gasteiger partial charge in [-0.2, -0.15) is 0 Å². The first kappa shape index (κ1) is 48.4. The minimum atomic E-state index is 0.811. The van der Waals surface area contributed by atoms with Crippen LogP contribution in [0.5, 0.6) is 0 Å². The molecule has 0 aliphatic carbocycles. The number of hydrogen-bond acceptors (Lipinski definition) is 8. The Hall–Kier alpha value is -11.5. The Balaban J connectivity index is 1.12. The molecule has 0 N–H and O–H groups in total. The van der Waals surface area contributed by atoms with Crippen molar-refractivity contribution in [2.75, 3.05) is 19.6 Å². The van der Waals surface area contributed by atoms with Crippen LogP contribution in [-0.4, -0.2) is 19.9 Å². The van der Waals surface area contributed by atoms with Crippen molar-refractivity contribution < 1.29 is 0 Å². The summed E-state index contributed by atoms with van der Waals surface area (Å²) in [5.41, 5.74) is 7.65. The zero-order chi connectivity index (χ0) is 55.5. The second-order valence-electron chi connectivity index (χ2n) is 21.0. The van der Waals surface area contributed by atoms with Gasteiger partial charge in [0.1, 0.15) is 23.3 Å². The zero-order valence-electron chi connectivity index (χ0n) is 45.4. The van der Waals surface area contributed by atoms with Gasteiger partial charge >= 0.3 is 0 Å². The number of benzene rings is 12. The SMILES string of the molecule is c1ccc(N(c2nccc3ccccc23)c2cc(N(c3ccccc3)c3nccc4ccccc34)c3ccc4c(N(c5ccccc5)c5nccc6ccccc56)cc(N(c5ccccc5)c5nccc6ccccc56)c5ccc2c3c54)cc1. The monoisotopic (exact) mass is 1070 g/mol. The van der Waals surface area contributed by atoms with Crippen molar-refractivity contribution in [2.45, 2.75) is 0 Å². The molecule has 0 fully saturated rings. The van der Waals surface area contributed by atoms with Gasteiger partial charge in [0.2, 0.25) is 0 Å². The smallest absolute Gasteiger partial charge is 0.145 e. The summed E-state index contributed by atoms with van der Waals surface area (Å²) in [6.45, 7) is 0. The molecule has 84 heavy (non-hydrogen) atoms. The third kappa shape index (κ3) is 7.99. The molecule has 0 radical (unpaired) electrons. The summed E-state index contributed by atoms with van der Waals surface area (Å²) < 4.78 is 0. The fraction of sp³-hybridized carbons (Fsp3) is 0. The Morgan fingerprint density at radius 3 is 0.643 bits per heavy atom. The van der Waals surface area contributed by atoms with Crippen molar-refractivity contribution >= 4 is 144 Å². The molecule has 4 heterocycles. The number of fused-ring (bicyclic) bond motifs is 4. The topological polar surface area (TPSA) is 64.5 Å². The van der Waals surface area contributed by atoms with E-state index in [2.05, 4.69) is 299 Å². The molecule has 0 atom stereocenters. The van der Waals surface area contributed by atoms with Crippen LogP contribution in [-0.2, 0) is 0 Å². The number of hydrogen-bond donors (Lipinski definition) is 0. The lowest BCUT2D eigenvalue weighted by molar-refractivity contribution is 1.19. The molecular formula is C76H50N8. The fourth-order valence-electron chi connectivity index (χ4n) is 12.6. The van der Waals surface area contributed by atoms with Gasteiger partial charge in [0, 0.05) is 101 Å². The summed E-state index contributed by atoms with van der Waals surface area (Å²) in [4.78, 5) is 30.7. The van der Waals surface area contributed by atoms with Crippen LogP contribution >= 0.6 is 0 Å². The molecule has 0 amide bonds. The third-order valence-corrected chi connectivity index (χ3v) is 16.3. The van der Waals surface area contributed by atoms with E-state index in [4.69, 9.17) is 19.9 Å². The van der Waals surface area contributed by atoms with Gasteiger partial charge in [0.05, 0.1) is 22.7 Å². The summed E-state index contributed by atoms with van der Waals surface area (Å²) in [5, 5.41) is 14.8. The molecule has 8 heteroatoms. The highest BCUT2D eigenvalue weighted by molar-refractivity contribution is 6.33. The maximum atomic E-state index is 5.33. The van der Waals surface area contributed by atoms with Crippen LogP contribution in [0, 0.1) is 0 Å². The second kappa shape index (κ2) is 20.3. The van der Waals surface area contributed by atoms with Crippen molar-refractivity contribution in [3.8, 4) is 0 Å². The highest BCUT2D eigenvalue weighted by atomic mass is 15.2. The molecule has 0 spiro atoms. The first-order valence-corrected chi connectivity index (χ1v) is 28.3. The molecule has 16 aromatic rings. The Labute approximate surface area is 485 Å². The van der Waals surface area contributed by atoms with Crippen LogP contribution in [0.2, 0.25) is 0 Å². The van der Waals surface area contributed by atoms with E-state index < -0.39 is 0 Å². The van der Waals surface area contributed by atoms with E-state index in [1.807, 2.05) is 24.8 Å². The minimum absolute atomic E-state index is 0.811. The maximum Gasteiger partial charge on any atom is 0.145 e. The van der Waals surface area contributed by atoms with E-state index in [1.54, 1.807) is 0 Å². The number of rotatable bonds is 12. The lowest BCUT2D eigenvalue weighted by atomic mass is 9.89. The van der Waals surface area contributed by atoms with Crippen LogP contribution in [0.15, 0.2) is 304 Å².